The molecule has 4 heteroatoms. The van der Waals surface area contributed by atoms with Crippen LogP contribution in [-0.4, -0.2) is 16.6 Å². The van der Waals surface area contributed by atoms with Gasteiger partial charge in [0, 0.05) is 0 Å². The number of hydrogen-bond acceptors (Lipinski definition) is 4. The number of para-hydroxylation sites is 1. The summed E-state index contributed by atoms with van der Waals surface area (Å²) in [6.45, 7) is 2.18. The lowest BCUT2D eigenvalue weighted by Gasteiger charge is -2.25. The summed E-state index contributed by atoms with van der Waals surface area (Å²) in [5, 5.41) is 3.28. The molecule has 96 valence electrons. The van der Waals surface area contributed by atoms with Crippen LogP contribution in [-0.2, 0) is 0 Å². The largest absolute Gasteiger partial charge is 0.252 e. The number of benzene rings is 1. The van der Waals surface area contributed by atoms with Crippen LogP contribution in [0.4, 0.5) is 5.69 Å². The number of nitrogens with one attached hydrogen (secondary N) is 1. The minimum absolute atomic E-state index is 0.0205. The van der Waals surface area contributed by atoms with Crippen molar-refractivity contribution in [3.8, 4) is 0 Å². The van der Waals surface area contributed by atoms with Crippen molar-refractivity contribution >= 4 is 22.6 Å². The van der Waals surface area contributed by atoms with Gasteiger partial charge in [-0.05, 0) is 43.6 Å². The summed E-state index contributed by atoms with van der Waals surface area (Å²) in [4.78, 5) is 4.96. The Morgan fingerprint density at radius 2 is 2.00 bits per heavy atom. The number of hydrazine groups is 1. The van der Waals surface area contributed by atoms with Gasteiger partial charge in [0.15, 0.2) is 5.17 Å². The molecule has 1 aromatic rings. The van der Waals surface area contributed by atoms with E-state index < -0.39 is 0 Å². The molecule has 1 N–H and O–H groups in total. The summed E-state index contributed by atoms with van der Waals surface area (Å²) < 4.78 is 0. The number of aliphatic imine (C=N–C) groups is 1. The standard InChI is InChI=1S/C14H19N3S/c1-2-18-13-15-14(10-6-7-11-14)16-17(13)12-8-4-3-5-9-12/h3-5,8-9,16H,2,6-7,10-11H2,1H3. The molecule has 3 nitrogen and oxygen atoms in total. The second kappa shape index (κ2) is 4.94. The van der Waals surface area contributed by atoms with Gasteiger partial charge < -0.3 is 0 Å². The molecule has 0 saturated heterocycles. The minimum Gasteiger partial charge on any atom is -0.252 e. The van der Waals surface area contributed by atoms with Gasteiger partial charge in [-0.1, -0.05) is 36.9 Å². The lowest BCUT2D eigenvalue weighted by atomic mass is 10.1. The van der Waals surface area contributed by atoms with E-state index in [2.05, 4.69) is 47.7 Å². The molecule has 1 spiro atoms. The van der Waals surface area contributed by atoms with Crippen LogP contribution >= 0.6 is 11.8 Å². The van der Waals surface area contributed by atoms with Gasteiger partial charge in [-0.15, -0.1) is 0 Å². The number of rotatable bonds is 2. The molecule has 1 saturated carbocycles. The highest BCUT2D eigenvalue weighted by atomic mass is 32.2. The van der Waals surface area contributed by atoms with Crippen molar-refractivity contribution in [1.82, 2.24) is 5.43 Å². The lowest BCUT2D eigenvalue weighted by Crippen LogP contribution is -2.46. The number of amidine groups is 1. The fraction of sp³-hybridized carbons (Fsp3) is 0.500. The highest BCUT2D eigenvalue weighted by molar-refractivity contribution is 8.14. The second-order valence-corrected chi connectivity index (χ2v) is 6.08. The fourth-order valence-corrected chi connectivity index (χ4v) is 3.45. The first kappa shape index (κ1) is 12.1. The van der Waals surface area contributed by atoms with Crippen LogP contribution in [0.1, 0.15) is 32.6 Å². The van der Waals surface area contributed by atoms with E-state index in [1.54, 1.807) is 0 Å². The fourth-order valence-electron chi connectivity index (χ4n) is 2.68. The van der Waals surface area contributed by atoms with E-state index in [9.17, 15) is 0 Å². The molecule has 1 aliphatic carbocycles. The summed E-state index contributed by atoms with van der Waals surface area (Å²) in [5.41, 5.74) is 4.79. The topological polar surface area (TPSA) is 27.6 Å². The Morgan fingerprint density at radius 3 is 2.67 bits per heavy atom. The van der Waals surface area contributed by atoms with E-state index in [0.717, 1.165) is 23.8 Å². The van der Waals surface area contributed by atoms with E-state index in [1.165, 1.54) is 18.5 Å². The quantitative estimate of drug-likeness (QED) is 0.884. The smallest absolute Gasteiger partial charge is 0.180 e. The lowest BCUT2D eigenvalue weighted by molar-refractivity contribution is 0.380. The van der Waals surface area contributed by atoms with E-state index in [4.69, 9.17) is 4.99 Å². The SMILES string of the molecule is CCSC1=NC2(CCCC2)NN1c1ccccc1. The van der Waals surface area contributed by atoms with Crippen LogP contribution in [0.3, 0.4) is 0 Å². The molecule has 1 aliphatic heterocycles. The summed E-state index contributed by atoms with van der Waals surface area (Å²) >= 11 is 1.82. The Morgan fingerprint density at radius 1 is 1.28 bits per heavy atom. The van der Waals surface area contributed by atoms with Gasteiger partial charge in [0.2, 0.25) is 0 Å². The van der Waals surface area contributed by atoms with Crippen molar-refractivity contribution in [2.75, 3.05) is 10.8 Å². The molecule has 2 aliphatic rings. The highest BCUT2D eigenvalue weighted by Crippen LogP contribution is 2.37. The number of nitrogens with zero attached hydrogens (tertiary/aromatic N) is 2. The monoisotopic (exact) mass is 261 g/mol. The summed E-state index contributed by atoms with van der Waals surface area (Å²) in [6, 6.07) is 10.5. The van der Waals surface area contributed by atoms with Gasteiger partial charge in [0.25, 0.3) is 0 Å². The third kappa shape index (κ3) is 2.15. The average molecular weight is 261 g/mol. The summed E-state index contributed by atoms with van der Waals surface area (Å²) in [7, 11) is 0. The van der Waals surface area contributed by atoms with Crippen LogP contribution < -0.4 is 10.4 Å². The van der Waals surface area contributed by atoms with Crippen molar-refractivity contribution < 1.29 is 0 Å². The zero-order valence-electron chi connectivity index (χ0n) is 10.7. The third-order valence-electron chi connectivity index (χ3n) is 3.54. The zero-order chi connectivity index (χ0) is 12.4. The third-order valence-corrected chi connectivity index (χ3v) is 4.36. The number of hydrogen-bond donors (Lipinski definition) is 1. The minimum atomic E-state index is -0.0205. The van der Waals surface area contributed by atoms with E-state index in [1.807, 2.05) is 11.8 Å². The Balaban J connectivity index is 1.89. The van der Waals surface area contributed by atoms with E-state index in [0.29, 0.717) is 0 Å². The van der Waals surface area contributed by atoms with E-state index >= 15 is 0 Å². The molecule has 0 aromatic heterocycles. The molecule has 1 heterocycles. The van der Waals surface area contributed by atoms with Gasteiger partial charge in [-0.3, -0.25) is 5.01 Å². The van der Waals surface area contributed by atoms with Crippen molar-refractivity contribution in [3.63, 3.8) is 0 Å². The summed E-state index contributed by atoms with van der Waals surface area (Å²) in [6.07, 6.45) is 4.88. The van der Waals surface area contributed by atoms with Gasteiger partial charge >= 0.3 is 0 Å². The highest BCUT2D eigenvalue weighted by Gasteiger charge is 2.41. The molecule has 1 fully saturated rings. The van der Waals surface area contributed by atoms with Gasteiger partial charge in [0.05, 0.1) is 5.69 Å². The Hall–Kier alpha value is -1.00. The Kier molecular flexibility index (Phi) is 3.31. The van der Waals surface area contributed by atoms with Gasteiger partial charge in [-0.25, -0.2) is 10.4 Å². The van der Waals surface area contributed by atoms with E-state index in [-0.39, 0.29) is 5.66 Å². The normalized spacial score (nSPS) is 21.6. The maximum absolute atomic E-state index is 4.96. The van der Waals surface area contributed by atoms with Crippen LogP contribution in [0.2, 0.25) is 0 Å². The molecule has 18 heavy (non-hydrogen) atoms. The Labute approximate surface area is 113 Å². The van der Waals surface area contributed by atoms with Crippen LogP contribution in [0.15, 0.2) is 35.3 Å². The molecule has 0 atom stereocenters. The first-order valence-electron chi connectivity index (χ1n) is 6.69. The van der Waals surface area contributed by atoms with Crippen molar-refractivity contribution in [3.05, 3.63) is 30.3 Å². The molecule has 0 radical (unpaired) electrons. The second-order valence-electron chi connectivity index (χ2n) is 4.85. The average Bonchev–Trinajstić information content (AvgIpc) is 3.00. The van der Waals surface area contributed by atoms with Crippen LogP contribution in [0, 0.1) is 0 Å². The molecule has 3 rings (SSSR count). The zero-order valence-corrected chi connectivity index (χ0v) is 11.5. The predicted octanol–water partition coefficient (Wildman–Crippen LogP) is 3.39. The van der Waals surface area contributed by atoms with Crippen molar-refractivity contribution in [2.45, 2.75) is 38.3 Å². The number of anilines is 1. The Bertz CT molecular complexity index is 438. The maximum atomic E-state index is 4.96. The molecular weight excluding hydrogens is 242 g/mol. The first-order chi connectivity index (χ1) is 8.83. The number of thioether (sulfide) groups is 1. The van der Waals surface area contributed by atoms with Gasteiger partial charge in [0.1, 0.15) is 5.66 Å². The van der Waals surface area contributed by atoms with Crippen LogP contribution in [0.25, 0.3) is 0 Å². The first-order valence-corrected chi connectivity index (χ1v) is 7.67. The summed E-state index contributed by atoms with van der Waals surface area (Å²) in [5.74, 6) is 1.06. The molecule has 0 bridgehead atoms. The molecule has 0 unspecified atom stereocenters. The predicted molar refractivity (Wildman–Crippen MR) is 78.8 cm³/mol. The van der Waals surface area contributed by atoms with Gasteiger partial charge in [-0.2, -0.15) is 0 Å². The maximum Gasteiger partial charge on any atom is 0.180 e. The van der Waals surface area contributed by atoms with Crippen LogP contribution in [0.5, 0.6) is 0 Å². The van der Waals surface area contributed by atoms with Crippen molar-refractivity contribution in [1.29, 1.82) is 0 Å². The van der Waals surface area contributed by atoms with Crippen molar-refractivity contribution in [2.24, 2.45) is 4.99 Å². The molecule has 1 aromatic carbocycles. The molecule has 0 amide bonds. The molecular formula is C14H19N3S.